The molecule has 0 spiro atoms. The van der Waals surface area contributed by atoms with E-state index in [2.05, 4.69) is 20.1 Å². The Balaban J connectivity index is 1.42. The number of nitrogens with zero attached hydrogens (tertiary/aromatic N) is 3. The second-order valence-corrected chi connectivity index (χ2v) is 8.27. The van der Waals surface area contributed by atoms with Crippen LogP contribution < -0.4 is 10.0 Å². The van der Waals surface area contributed by atoms with Crippen molar-refractivity contribution in [3.05, 3.63) is 96.5 Å². The molecule has 31 heavy (non-hydrogen) atoms. The van der Waals surface area contributed by atoms with E-state index in [0.717, 1.165) is 29.4 Å². The normalized spacial score (nSPS) is 11.3. The number of halogens is 2. The molecule has 7 nitrogen and oxygen atoms in total. The van der Waals surface area contributed by atoms with Crippen LogP contribution in [0.15, 0.2) is 84.1 Å². The first-order chi connectivity index (χ1) is 14.9. The quantitative estimate of drug-likeness (QED) is 0.453. The number of benzene rings is 2. The molecule has 0 aliphatic carbocycles. The predicted octanol–water partition coefficient (Wildman–Crippen LogP) is 3.96. The third-order valence-corrected chi connectivity index (χ3v) is 5.74. The van der Waals surface area contributed by atoms with Crippen LogP contribution in [0.5, 0.6) is 0 Å². The average Bonchev–Trinajstić information content (AvgIpc) is 3.30. The van der Waals surface area contributed by atoms with Gasteiger partial charge in [-0.3, -0.25) is 4.72 Å². The lowest BCUT2D eigenvalue weighted by Crippen LogP contribution is -2.14. The number of hydrogen-bond donors (Lipinski definition) is 2. The van der Waals surface area contributed by atoms with Crippen LogP contribution in [0.1, 0.15) is 5.56 Å². The molecule has 0 saturated carbocycles. The molecule has 0 amide bonds. The average molecular weight is 441 g/mol. The molecule has 10 heteroatoms. The van der Waals surface area contributed by atoms with Crippen LogP contribution in [0.4, 0.5) is 20.3 Å². The maximum atomic E-state index is 13.3. The van der Waals surface area contributed by atoms with Crippen LogP contribution >= 0.6 is 0 Å². The standard InChI is InChI=1S/C21H17F2N5O2S/c22-19-7-5-16(12-20(19)23)27-31(29,30)18-6-8-21(25-14-18)24-13-15-3-1-4-17(11-15)28-10-2-9-26-28/h1-12,14,27H,13H2,(H,24,25). The van der Waals surface area contributed by atoms with Gasteiger partial charge in [0.25, 0.3) is 10.0 Å². The van der Waals surface area contributed by atoms with E-state index in [-0.39, 0.29) is 10.6 Å². The number of rotatable bonds is 7. The Labute approximate surface area is 177 Å². The number of aromatic nitrogens is 3. The number of anilines is 2. The summed E-state index contributed by atoms with van der Waals surface area (Å²) in [5.41, 5.74) is 1.83. The Morgan fingerprint density at radius 1 is 0.968 bits per heavy atom. The minimum atomic E-state index is -4.00. The second-order valence-electron chi connectivity index (χ2n) is 6.59. The Morgan fingerprint density at radius 3 is 2.55 bits per heavy atom. The van der Waals surface area contributed by atoms with E-state index in [9.17, 15) is 17.2 Å². The first-order valence-corrected chi connectivity index (χ1v) is 10.7. The molecular weight excluding hydrogens is 424 g/mol. The molecule has 2 N–H and O–H groups in total. The van der Waals surface area contributed by atoms with Crippen molar-refractivity contribution in [2.45, 2.75) is 11.4 Å². The molecule has 0 radical (unpaired) electrons. The molecule has 4 aromatic rings. The van der Waals surface area contributed by atoms with E-state index in [1.807, 2.05) is 36.5 Å². The summed E-state index contributed by atoms with van der Waals surface area (Å²) in [5, 5.41) is 7.33. The predicted molar refractivity (Wildman–Crippen MR) is 112 cm³/mol. The van der Waals surface area contributed by atoms with Gasteiger partial charge in [-0.05, 0) is 48.0 Å². The fourth-order valence-electron chi connectivity index (χ4n) is 2.84. The fourth-order valence-corrected chi connectivity index (χ4v) is 3.83. The van der Waals surface area contributed by atoms with Crippen molar-refractivity contribution >= 4 is 21.5 Å². The summed E-state index contributed by atoms with van der Waals surface area (Å²) in [5.74, 6) is -1.72. The summed E-state index contributed by atoms with van der Waals surface area (Å²) in [6, 6.07) is 15.3. The molecule has 2 aromatic heterocycles. The molecule has 0 saturated heterocycles. The van der Waals surface area contributed by atoms with Crippen LogP contribution in [0, 0.1) is 11.6 Å². The lowest BCUT2D eigenvalue weighted by molar-refractivity contribution is 0.509. The highest BCUT2D eigenvalue weighted by molar-refractivity contribution is 7.92. The molecule has 0 bridgehead atoms. The van der Waals surface area contributed by atoms with Crippen molar-refractivity contribution < 1.29 is 17.2 Å². The zero-order chi connectivity index (χ0) is 21.8. The minimum Gasteiger partial charge on any atom is -0.366 e. The van der Waals surface area contributed by atoms with Crippen molar-refractivity contribution in [2.75, 3.05) is 10.0 Å². The maximum Gasteiger partial charge on any atom is 0.263 e. The van der Waals surface area contributed by atoms with Gasteiger partial charge in [-0.1, -0.05) is 12.1 Å². The van der Waals surface area contributed by atoms with Gasteiger partial charge in [-0.2, -0.15) is 5.10 Å². The zero-order valence-corrected chi connectivity index (χ0v) is 16.9. The van der Waals surface area contributed by atoms with E-state index < -0.39 is 21.7 Å². The SMILES string of the molecule is O=S(=O)(Nc1ccc(F)c(F)c1)c1ccc(NCc2cccc(-n3cccn3)c2)nc1. The summed E-state index contributed by atoms with van der Waals surface area (Å²) in [6.07, 6.45) is 4.73. The van der Waals surface area contributed by atoms with Crippen LogP contribution in [-0.2, 0) is 16.6 Å². The van der Waals surface area contributed by atoms with Crippen LogP contribution in [0.3, 0.4) is 0 Å². The fraction of sp³-hybridized carbons (Fsp3) is 0.0476. The largest absolute Gasteiger partial charge is 0.366 e. The van der Waals surface area contributed by atoms with Crippen LogP contribution in [0.25, 0.3) is 5.69 Å². The Morgan fingerprint density at radius 2 is 1.84 bits per heavy atom. The molecule has 0 unspecified atom stereocenters. The molecule has 0 atom stereocenters. The third kappa shape index (κ3) is 4.86. The van der Waals surface area contributed by atoms with E-state index in [1.54, 1.807) is 10.9 Å². The monoisotopic (exact) mass is 441 g/mol. The van der Waals surface area contributed by atoms with Gasteiger partial charge < -0.3 is 5.32 Å². The highest BCUT2D eigenvalue weighted by Gasteiger charge is 2.16. The smallest absolute Gasteiger partial charge is 0.263 e. The topological polar surface area (TPSA) is 88.9 Å². The molecule has 0 fully saturated rings. The van der Waals surface area contributed by atoms with E-state index in [0.29, 0.717) is 12.4 Å². The summed E-state index contributed by atoms with van der Waals surface area (Å²) in [4.78, 5) is 4.02. The van der Waals surface area contributed by atoms with Crippen molar-refractivity contribution in [2.24, 2.45) is 0 Å². The lowest BCUT2D eigenvalue weighted by Gasteiger charge is -2.10. The molecule has 2 heterocycles. The summed E-state index contributed by atoms with van der Waals surface area (Å²) < 4.78 is 55.2. The highest BCUT2D eigenvalue weighted by Crippen LogP contribution is 2.19. The van der Waals surface area contributed by atoms with Gasteiger partial charge in [0.05, 0.1) is 11.4 Å². The summed E-state index contributed by atoms with van der Waals surface area (Å²) in [7, 11) is -4.00. The van der Waals surface area contributed by atoms with Gasteiger partial charge in [0.15, 0.2) is 11.6 Å². The Hall–Kier alpha value is -3.79. The summed E-state index contributed by atoms with van der Waals surface area (Å²) >= 11 is 0. The summed E-state index contributed by atoms with van der Waals surface area (Å²) in [6.45, 7) is 0.474. The minimum absolute atomic E-state index is 0.0850. The van der Waals surface area contributed by atoms with Crippen molar-refractivity contribution in [3.63, 3.8) is 0 Å². The molecular formula is C21H17F2N5O2S. The molecule has 4 rings (SSSR count). The lowest BCUT2D eigenvalue weighted by atomic mass is 10.2. The first kappa shape index (κ1) is 20.5. The molecule has 2 aromatic carbocycles. The van der Waals surface area contributed by atoms with E-state index in [1.165, 1.54) is 18.3 Å². The molecule has 0 aliphatic rings. The van der Waals surface area contributed by atoms with Gasteiger partial charge in [0.1, 0.15) is 10.7 Å². The maximum absolute atomic E-state index is 13.3. The second kappa shape index (κ2) is 8.52. The Bertz CT molecular complexity index is 1290. The van der Waals surface area contributed by atoms with Crippen molar-refractivity contribution in [1.82, 2.24) is 14.8 Å². The van der Waals surface area contributed by atoms with Gasteiger partial charge in [-0.25, -0.2) is 26.9 Å². The Kier molecular flexibility index (Phi) is 5.63. The van der Waals surface area contributed by atoms with Gasteiger partial charge in [0, 0.05) is 31.2 Å². The number of nitrogens with one attached hydrogen (secondary N) is 2. The molecule has 0 aliphatic heterocycles. The first-order valence-electron chi connectivity index (χ1n) is 9.17. The van der Waals surface area contributed by atoms with Gasteiger partial charge in [-0.15, -0.1) is 0 Å². The molecule has 158 valence electrons. The zero-order valence-electron chi connectivity index (χ0n) is 16.0. The van der Waals surface area contributed by atoms with E-state index in [4.69, 9.17) is 0 Å². The number of hydrogen-bond acceptors (Lipinski definition) is 5. The van der Waals surface area contributed by atoms with Crippen LogP contribution in [0.2, 0.25) is 0 Å². The van der Waals surface area contributed by atoms with Gasteiger partial charge >= 0.3 is 0 Å². The number of pyridine rings is 1. The van der Waals surface area contributed by atoms with Gasteiger partial charge in [0.2, 0.25) is 0 Å². The highest BCUT2D eigenvalue weighted by atomic mass is 32.2. The van der Waals surface area contributed by atoms with E-state index >= 15 is 0 Å². The van der Waals surface area contributed by atoms with Crippen molar-refractivity contribution in [3.8, 4) is 5.69 Å². The van der Waals surface area contributed by atoms with Crippen LogP contribution in [-0.4, -0.2) is 23.2 Å². The van der Waals surface area contributed by atoms with Crippen molar-refractivity contribution in [1.29, 1.82) is 0 Å². The third-order valence-electron chi connectivity index (χ3n) is 4.37. The number of sulfonamides is 1.